The number of morpholine rings is 1. The Kier molecular flexibility index (Phi) is 4.43. The first-order valence-corrected chi connectivity index (χ1v) is 5.90. The van der Waals surface area contributed by atoms with Crippen LogP contribution >= 0.6 is 0 Å². The van der Waals surface area contributed by atoms with Gasteiger partial charge in [-0.25, -0.2) is 0 Å². The lowest BCUT2D eigenvalue weighted by Crippen LogP contribution is -2.40. The molecule has 0 amide bonds. The minimum absolute atomic E-state index is 0.0343. The van der Waals surface area contributed by atoms with Crippen molar-refractivity contribution in [2.45, 2.75) is 0 Å². The molecule has 0 saturated carbocycles. The highest BCUT2D eigenvalue weighted by molar-refractivity contribution is 5.74. The molecule has 0 spiro atoms. The summed E-state index contributed by atoms with van der Waals surface area (Å²) < 4.78 is 10.3. The number of hydrogen-bond donors (Lipinski definition) is 0. The van der Waals surface area contributed by atoms with Crippen LogP contribution in [-0.4, -0.2) is 48.6 Å². The molecule has 1 aliphatic rings. The number of non-ortho nitro benzene ring substituents is 1. The number of hydrogen-bond acceptors (Lipinski definition) is 6. The zero-order chi connectivity index (χ0) is 13.7. The lowest BCUT2D eigenvalue weighted by atomic mass is 10.3. The molecular weight excluding hydrogens is 252 g/mol. The average molecular weight is 266 g/mol. The zero-order valence-electron chi connectivity index (χ0n) is 10.3. The summed E-state index contributed by atoms with van der Waals surface area (Å²) in [6.07, 6.45) is 0. The molecule has 0 N–H and O–H groups in total. The third-order valence-electron chi connectivity index (χ3n) is 2.74. The molecule has 1 aliphatic heterocycles. The fourth-order valence-corrected chi connectivity index (χ4v) is 1.74. The highest BCUT2D eigenvalue weighted by Crippen LogP contribution is 2.17. The number of rotatable bonds is 4. The van der Waals surface area contributed by atoms with Crippen LogP contribution in [0.15, 0.2) is 24.3 Å². The van der Waals surface area contributed by atoms with Gasteiger partial charge in [-0.1, -0.05) is 0 Å². The van der Waals surface area contributed by atoms with Gasteiger partial charge in [0, 0.05) is 25.2 Å². The van der Waals surface area contributed by atoms with Gasteiger partial charge in [-0.15, -0.1) is 0 Å². The van der Waals surface area contributed by atoms with E-state index in [1.165, 1.54) is 24.3 Å². The van der Waals surface area contributed by atoms with E-state index in [-0.39, 0.29) is 18.2 Å². The number of esters is 1. The maximum Gasteiger partial charge on any atom is 0.325 e. The average Bonchev–Trinajstić information content (AvgIpc) is 2.40. The van der Waals surface area contributed by atoms with E-state index in [0.29, 0.717) is 32.1 Å². The molecule has 0 aliphatic carbocycles. The maximum absolute atomic E-state index is 11.7. The van der Waals surface area contributed by atoms with Gasteiger partial charge in [0.25, 0.3) is 5.69 Å². The van der Waals surface area contributed by atoms with Crippen molar-refractivity contribution in [3.63, 3.8) is 0 Å². The lowest BCUT2D eigenvalue weighted by molar-refractivity contribution is -0.384. The molecule has 7 nitrogen and oxygen atoms in total. The SMILES string of the molecule is O=C(CN1CCOCC1)Oc1ccc([N+](=O)[O-])cc1. The predicted molar refractivity (Wildman–Crippen MR) is 66.0 cm³/mol. The highest BCUT2D eigenvalue weighted by atomic mass is 16.6. The number of carbonyl (C=O) groups excluding carboxylic acids is 1. The third kappa shape index (κ3) is 4.01. The van der Waals surface area contributed by atoms with Gasteiger partial charge in [0.1, 0.15) is 5.75 Å². The monoisotopic (exact) mass is 266 g/mol. The van der Waals surface area contributed by atoms with Crippen LogP contribution < -0.4 is 4.74 Å². The fourth-order valence-electron chi connectivity index (χ4n) is 1.74. The number of ether oxygens (including phenoxy) is 2. The first-order valence-electron chi connectivity index (χ1n) is 5.90. The second-order valence-corrected chi connectivity index (χ2v) is 4.11. The number of nitrogens with zero attached hydrogens (tertiary/aromatic N) is 2. The summed E-state index contributed by atoms with van der Waals surface area (Å²) >= 11 is 0. The Morgan fingerprint density at radius 3 is 2.53 bits per heavy atom. The predicted octanol–water partition coefficient (Wildman–Crippen LogP) is 0.832. The lowest BCUT2D eigenvalue weighted by Gasteiger charge is -2.25. The van der Waals surface area contributed by atoms with Gasteiger partial charge in [0.05, 0.1) is 24.7 Å². The van der Waals surface area contributed by atoms with E-state index in [0.717, 1.165) is 0 Å². The van der Waals surface area contributed by atoms with E-state index >= 15 is 0 Å². The molecule has 0 bridgehead atoms. The number of carbonyl (C=O) groups is 1. The summed E-state index contributed by atoms with van der Waals surface area (Å²) in [6, 6.07) is 5.43. The maximum atomic E-state index is 11.7. The van der Waals surface area contributed by atoms with Crippen LogP contribution in [0.3, 0.4) is 0 Å². The summed E-state index contributed by atoms with van der Waals surface area (Å²) in [5, 5.41) is 10.5. The Balaban J connectivity index is 1.85. The van der Waals surface area contributed by atoms with Crippen molar-refractivity contribution in [1.82, 2.24) is 4.90 Å². The van der Waals surface area contributed by atoms with Crippen LogP contribution in [0.1, 0.15) is 0 Å². The van der Waals surface area contributed by atoms with Crippen molar-refractivity contribution in [3.05, 3.63) is 34.4 Å². The molecule has 102 valence electrons. The van der Waals surface area contributed by atoms with Crippen molar-refractivity contribution in [2.24, 2.45) is 0 Å². The van der Waals surface area contributed by atoms with Gasteiger partial charge in [-0.05, 0) is 12.1 Å². The van der Waals surface area contributed by atoms with Crippen LogP contribution in [0, 0.1) is 10.1 Å². The minimum Gasteiger partial charge on any atom is -0.426 e. The van der Waals surface area contributed by atoms with Crippen LogP contribution in [0.4, 0.5) is 5.69 Å². The van der Waals surface area contributed by atoms with Crippen molar-refractivity contribution in [3.8, 4) is 5.75 Å². The first kappa shape index (κ1) is 13.4. The van der Waals surface area contributed by atoms with Gasteiger partial charge >= 0.3 is 5.97 Å². The molecule has 19 heavy (non-hydrogen) atoms. The van der Waals surface area contributed by atoms with E-state index in [4.69, 9.17) is 9.47 Å². The molecule has 0 unspecified atom stereocenters. The summed E-state index contributed by atoms with van der Waals surface area (Å²) in [5.74, 6) is -0.0698. The van der Waals surface area contributed by atoms with E-state index in [2.05, 4.69) is 0 Å². The van der Waals surface area contributed by atoms with Gasteiger partial charge in [-0.2, -0.15) is 0 Å². The Hall–Kier alpha value is -1.99. The summed E-state index contributed by atoms with van der Waals surface area (Å²) in [7, 11) is 0. The molecule has 1 fully saturated rings. The highest BCUT2D eigenvalue weighted by Gasteiger charge is 2.15. The molecule has 1 aromatic carbocycles. The molecule has 1 aromatic rings. The molecule has 0 radical (unpaired) electrons. The Morgan fingerprint density at radius 2 is 1.95 bits per heavy atom. The smallest absolute Gasteiger partial charge is 0.325 e. The number of nitro benzene ring substituents is 1. The van der Waals surface area contributed by atoms with Crippen molar-refractivity contribution in [2.75, 3.05) is 32.8 Å². The zero-order valence-corrected chi connectivity index (χ0v) is 10.3. The van der Waals surface area contributed by atoms with Crippen LogP contribution in [0.5, 0.6) is 5.75 Å². The molecule has 0 aromatic heterocycles. The Morgan fingerprint density at radius 1 is 1.32 bits per heavy atom. The standard InChI is InChI=1S/C12H14N2O5/c15-12(9-13-5-7-18-8-6-13)19-11-3-1-10(2-4-11)14(16)17/h1-4H,5-9H2. The molecule has 1 heterocycles. The summed E-state index contributed by atoms with van der Waals surface area (Å²) in [4.78, 5) is 23.6. The summed E-state index contributed by atoms with van der Waals surface area (Å²) in [6.45, 7) is 2.83. The minimum atomic E-state index is -0.501. The van der Waals surface area contributed by atoms with Gasteiger partial charge in [-0.3, -0.25) is 19.8 Å². The van der Waals surface area contributed by atoms with Crippen LogP contribution in [0.25, 0.3) is 0 Å². The van der Waals surface area contributed by atoms with Crippen molar-refractivity contribution in [1.29, 1.82) is 0 Å². The number of benzene rings is 1. The van der Waals surface area contributed by atoms with Crippen molar-refractivity contribution < 1.29 is 19.2 Å². The van der Waals surface area contributed by atoms with Gasteiger partial charge < -0.3 is 9.47 Å². The molecule has 1 saturated heterocycles. The topological polar surface area (TPSA) is 81.9 Å². The fraction of sp³-hybridized carbons (Fsp3) is 0.417. The molecule has 2 rings (SSSR count). The van der Waals surface area contributed by atoms with Gasteiger partial charge in [0.15, 0.2) is 0 Å². The second kappa shape index (κ2) is 6.26. The van der Waals surface area contributed by atoms with E-state index in [9.17, 15) is 14.9 Å². The summed E-state index contributed by atoms with van der Waals surface area (Å²) in [5.41, 5.74) is -0.0343. The first-order chi connectivity index (χ1) is 9.15. The quantitative estimate of drug-likeness (QED) is 0.347. The molecular formula is C12H14N2O5. The third-order valence-corrected chi connectivity index (χ3v) is 2.74. The Labute approximate surface area is 109 Å². The van der Waals surface area contributed by atoms with Crippen LogP contribution in [0.2, 0.25) is 0 Å². The largest absolute Gasteiger partial charge is 0.426 e. The van der Waals surface area contributed by atoms with E-state index < -0.39 is 4.92 Å². The van der Waals surface area contributed by atoms with Crippen molar-refractivity contribution >= 4 is 11.7 Å². The van der Waals surface area contributed by atoms with Crippen LogP contribution in [-0.2, 0) is 9.53 Å². The van der Waals surface area contributed by atoms with E-state index in [1.54, 1.807) is 0 Å². The van der Waals surface area contributed by atoms with Gasteiger partial charge in [0.2, 0.25) is 0 Å². The molecule has 0 atom stereocenters. The second-order valence-electron chi connectivity index (χ2n) is 4.11. The van der Waals surface area contributed by atoms with E-state index in [1.807, 2.05) is 4.90 Å². The Bertz CT molecular complexity index is 454. The normalized spacial score (nSPS) is 16.0. The number of nitro groups is 1. The molecule has 7 heteroatoms.